The number of carbonyl (C=O) groups excluding carboxylic acids is 1. The molecule has 0 spiro atoms. The second-order valence-electron chi connectivity index (χ2n) is 7.20. The molecule has 0 aliphatic carbocycles. The number of carbonyl (C=O) groups is 1. The summed E-state index contributed by atoms with van der Waals surface area (Å²) in [4.78, 5) is 22.5. The summed E-state index contributed by atoms with van der Waals surface area (Å²) in [6.45, 7) is 4.42. The molecule has 8 heteroatoms. The Labute approximate surface area is 164 Å². The Morgan fingerprint density at radius 3 is 2.64 bits per heavy atom. The lowest BCUT2D eigenvalue weighted by Crippen LogP contribution is -2.37. The summed E-state index contributed by atoms with van der Waals surface area (Å²) in [5, 5.41) is 0.897. The predicted molar refractivity (Wildman–Crippen MR) is 104 cm³/mol. The zero-order valence-corrected chi connectivity index (χ0v) is 15.9. The van der Waals surface area contributed by atoms with E-state index in [1.165, 1.54) is 0 Å². The number of primary amides is 1. The van der Waals surface area contributed by atoms with Gasteiger partial charge in [-0.25, -0.2) is 4.98 Å². The largest absolute Gasteiger partial charge is 0.379 e. The van der Waals surface area contributed by atoms with Gasteiger partial charge in [-0.2, -0.15) is 0 Å². The standard InChI is InChI=1S/C20H26N4O4/c21-20(25)17-2-1-14-11-22-12-18(19(14)23-17)24-6-3-15(4-7-24)27-9-10-28-16-5-8-26-13-16/h1-2,11-12,15-16H,3-10,13H2,(H2,21,25)/t16-/m0/s1. The summed E-state index contributed by atoms with van der Waals surface area (Å²) in [6, 6.07) is 3.47. The van der Waals surface area contributed by atoms with Gasteiger partial charge in [0.1, 0.15) is 5.69 Å². The molecule has 28 heavy (non-hydrogen) atoms. The summed E-state index contributed by atoms with van der Waals surface area (Å²) in [6.07, 6.45) is 6.85. The molecule has 2 fully saturated rings. The number of nitrogens with zero attached hydrogens (tertiary/aromatic N) is 3. The summed E-state index contributed by atoms with van der Waals surface area (Å²) in [5.41, 5.74) is 7.35. The molecule has 2 saturated heterocycles. The minimum Gasteiger partial charge on any atom is -0.379 e. The molecular formula is C20H26N4O4. The Balaban J connectivity index is 1.32. The van der Waals surface area contributed by atoms with Crippen LogP contribution in [0.25, 0.3) is 10.9 Å². The SMILES string of the molecule is NC(=O)c1ccc2cncc(N3CCC(OCCO[C@H]4CCOC4)CC3)c2n1. The molecule has 0 saturated carbocycles. The van der Waals surface area contributed by atoms with Crippen molar-refractivity contribution in [2.45, 2.75) is 31.5 Å². The fourth-order valence-electron chi connectivity index (χ4n) is 3.73. The van der Waals surface area contributed by atoms with Crippen LogP contribution < -0.4 is 10.6 Å². The molecule has 0 aromatic carbocycles. The van der Waals surface area contributed by atoms with E-state index in [4.69, 9.17) is 19.9 Å². The lowest BCUT2D eigenvalue weighted by Gasteiger charge is -2.33. The first-order valence-corrected chi connectivity index (χ1v) is 9.81. The average molecular weight is 386 g/mol. The number of aromatic nitrogens is 2. The van der Waals surface area contributed by atoms with Crippen molar-refractivity contribution >= 4 is 22.5 Å². The lowest BCUT2D eigenvalue weighted by atomic mass is 10.1. The maximum absolute atomic E-state index is 11.5. The number of pyridine rings is 2. The van der Waals surface area contributed by atoms with Crippen LogP contribution in [0.15, 0.2) is 24.5 Å². The molecule has 8 nitrogen and oxygen atoms in total. The quantitative estimate of drug-likeness (QED) is 0.720. The van der Waals surface area contributed by atoms with Crippen LogP contribution in [0.5, 0.6) is 0 Å². The Hall–Kier alpha value is -2.29. The van der Waals surface area contributed by atoms with Crippen LogP contribution in [0.3, 0.4) is 0 Å². The Kier molecular flexibility index (Phi) is 5.99. The third-order valence-corrected chi connectivity index (χ3v) is 5.29. The van der Waals surface area contributed by atoms with E-state index in [1.807, 2.05) is 6.07 Å². The average Bonchev–Trinajstić information content (AvgIpc) is 3.24. The molecule has 1 amide bonds. The molecule has 0 radical (unpaired) electrons. The fraction of sp³-hybridized carbons (Fsp3) is 0.550. The highest BCUT2D eigenvalue weighted by atomic mass is 16.6. The molecule has 0 bridgehead atoms. The van der Waals surface area contributed by atoms with Crippen molar-refractivity contribution in [3.63, 3.8) is 0 Å². The number of fused-ring (bicyclic) bond motifs is 1. The third kappa shape index (κ3) is 4.40. The maximum atomic E-state index is 11.5. The van der Waals surface area contributed by atoms with E-state index in [9.17, 15) is 4.79 Å². The molecule has 1 atom stereocenters. The molecule has 4 heterocycles. The first-order valence-electron chi connectivity index (χ1n) is 9.81. The highest BCUT2D eigenvalue weighted by Gasteiger charge is 2.22. The van der Waals surface area contributed by atoms with Gasteiger partial charge in [0, 0.05) is 31.3 Å². The Morgan fingerprint density at radius 2 is 1.93 bits per heavy atom. The van der Waals surface area contributed by atoms with Crippen molar-refractivity contribution in [2.24, 2.45) is 5.73 Å². The normalized spacial score (nSPS) is 20.7. The molecule has 2 N–H and O–H groups in total. The zero-order valence-electron chi connectivity index (χ0n) is 15.9. The van der Waals surface area contributed by atoms with Gasteiger partial charge < -0.3 is 24.8 Å². The number of ether oxygens (including phenoxy) is 3. The van der Waals surface area contributed by atoms with Crippen LogP contribution in [-0.4, -0.2) is 67.6 Å². The first-order chi connectivity index (χ1) is 13.7. The maximum Gasteiger partial charge on any atom is 0.267 e. The molecular weight excluding hydrogens is 360 g/mol. The summed E-state index contributed by atoms with van der Waals surface area (Å²) in [5.74, 6) is -0.525. The van der Waals surface area contributed by atoms with E-state index in [0.29, 0.717) is 19.8 Å². The van der Waals surface area contributed by atoms with Gasteiger partial charge in [-0.1, -0.05) is 0 Å². The number of rotatable bonds is 7. The minimum atomic E-state index is -0.525. The molecule has 2 aromatic rings. The van der Waals surface area contributed by atoms with Gasteiger partial charge in [0.2, 0.25) is 0 Å². The molecule has 0 unspecified atom stereocenters. The molecule has 2 aliphatic heterocycles. The van der Waals surface area contributed by atoms with Crippen molar-refractivity contribution in [1.29, 1.82) is 0 Å². The van der Waals surface area contributed by atoms with Gasteiger partial charge in [-0.3, -0.25) is 9.78 Å². The van der Waals surface area contributed by atoms with E-state index in [0.717, 1.165) is 55.5 Å². The van der Waals surface area contributed by atoms with Crippen molar-refractivity contribution < 1.29 is 19.0 Å². The monoisotopic (exact) mass is 386 g/mol. The van der Waals surface area contributed by atoms with Gasteiger partial charge in [0.05, 0.1) is 49.4 Å². The highest BCUT2D eigenvalue weighted by Crippen LogP contribution is 2.27. The van der Waals surface area contributed by atoms with Crippen molar-refractivity contribution in [2.75, 3.05) is 44.4 Å². The second-order valence-corrected chi connectivity index (χ2v) is 7.20. The number of hydrogen-bond acceptors (Lipinski definition) is 7. The van der Waals surface area contributed by atoms with Crippen molar-refractivity contribution in [3.05, 3.63) is 30.2 Å². The summed E-state index contributed by atoms with van der Waals surface area (Å²) in [7, 11) is 0. The summed E-state index contributed by atoms with van der Waals surface area (Å²) >= 11 is 0. The van der Waals surface area contributed by atoms with Gasteiger partial charge >= 0.3 is 0 Å². The fourth-order valence-corrected chi connectivity index (χ4v) is 3.73. The van der Waals surface area contributed by atoms with Crippen LogP contribution >= 0.6 is 0 Å². The second kappa shape index (κ2) is 8.81. The molecule has 4 rings (SSSR count). The van der Waals surface area contributed by atoms with Crippen molar-refractivity contribution in [1.82, 2.24) is 9.97 Å². The molecule has 2 aromatic heterocycles. The number of amides is 1. The first kappa shape index (κ1) is 19.0. The van der Waals surface area contributed by atoms with Gasteiger partial charge in [0.25, 0.3) is 5.91 Å². The lowest BCUT2D eigenvalue weighted by molar-refractivity contribution is -0.0294. The van der Waals surface area contributed by atoms with Gasteiger partial charge in [-0.05, 0) is 31.4 Å². The Morgan fingerprint density at radius 1 is 1.14 bits per heavy atom. The molecule has 150 valence electrons. The highest BCUT2D eigenvalue weighted by molar-refractivity contribution is 5.96. The van der Waals surface area contributed by atoms with Crippen molar-refractivity contribution in [3.8, 4) is 0 Å². The Bertz CT molecular complexity index is 817. The third-order valence-electron chi connectivity index (χ3n) is 5.29. The van der Waals surface area contributed by atoms with E-state index in [2.05, 4.69) is 14.9 Å². The number of nitrogens with two attached hydrogens (primary N) is 1. The van der Waals surface area contributed by atoms with E-state index in [1.54, 1.807) is 18.5 Å². The topological polar surface area (TPSA) is 99.8 Å². The number of hydrogen-bond donors (Lipinski definition) is 1. The number of piperidine rings is 1. The van der Waals surface area contributed by atoms with Crippen LogP contribution in [-0.2, 0) is 14.2 Å². The van der Waals surface area contributed by atoms with Gasteiger partial charge in [-0.15, -0.1) is 0 Å². The van der Waals surface area contributed by atoms with Crippen LogP contribution in [0.2, 0.25) is 0 Å². The van der Waals surface area contributed by atoms with E-state index >= 15 is 0 Å². The summed E-state index contributed by atoms with van der Waals surface area (Å²) < 4.78 is 17.0. The van der Waals surface area contributed by atoms with Gasteiger partial charge in [0.15, 0.2) is 0 Å². The zero-order chi connectivity index (χ0) is 19.3. The number of anilines is 1. The minimum absolute atomic E-state index is 0.224. The predicted octanol–water partition coefficient (Wildman–Crippen LogP) is 1.52. The molecule has 2 aliphatic rings. The van der Waals surface area contributed by atoms with Crippen LogP contribution in [0.1, 0.15) is 29.8 Å². The van der Waals surface area contributed by atoms with Crippen LogP contribution in [0, 0.1) is 0 Å². The van der Waals surface area contributed by atoms with Crippen LogP contribution in [0.4, 0.5) is 5.69 Å². The van der Waals surface area contributed by atoms with E-state index < -0.39 is 5.91 Å². The smallest absolute Gasteiger partial charge is 0.267 e. The van der Waals surface area contributed by atoms with E-state index in [-0.39, 0.29) is 17.9 Å².